The van der Waals surface area contributed by atoms with Crippen LogP contribution in [0.15, 0.2) is 64.2 Å². The molecule has 7 nitrogen and oxygen atoms in total. The molecule has 2 aliphatic heterocycles. The molecular weight excluding hydrogens is 382 g/mol. The Morgan fingerprint density at radius 2 is 2.00 bits per heavy atom. The second-order valence-electron chi connectivity index (χ2n) is 7.92. The highest BCUT2D eigenvalue weighted by Crippen LogP contribution is 2.33. The van der Waals surface area contributed by atoms with Gasteiger partial charge in [-0.25, -0.2) is 4.99 Å². The van der Waals surface area contributed by atoms with Crippen LogP contribution in [0.25, 0.3) is 0 Å². The van der Waals surface area contributed by atoms with E-state index in [9.17, 15) is 4.79 Å². The van der Waals surface area contributed by atoms with Crippen LogP contribution in [0.2, 0.25) is 0 Å². The van der Waals surface area contributed by atoms with Crippen LogP contribution in [0, 0.1) is 5.92 Å². The Kier molecular flexibility index (Phi) is 6.32. The lowest BCUT2D eigenvalue weighted by molar-refractivity contribution is -0.113. The number of nitrogens with one attached hydrogen (secondary N) is 2. The maximum Gasteiger partial charge on any atom is 0.187 e. The summed E-state index contributed by atoms with van der Waals surface area (Å²) in [6, 6.07) is 0. The molecule has 2 heterocycles. The lowest BCUT2D eigenvalue weighted by Crippen LogP contribution is -2.36. The predicted molar refractivity (Wildman–Crippen MR) is 115 cm³/mol. The molecule has 0 saturated heterocycles. The van der Waals surface area contributed by atoms with Gasteiger partial charge in [-0.05, 0) is 18.6 Å². The Bertz CT molecular complexity index is 881. The number of carbonyl (C=O) groups excluding carboxylic acids is 1. The van der Waals surface area contributed by atoms with Crippen LogP contribution in [0.1, 0.15) is 25.7 Å². The average molecular weight is 412 g/mol. The van der Waals surface area contributed by atoms with Gasteiger partial charge in [-0.1, -0.05) is 12.2 Å². The van der Waals surface area contributed by atoms with Crippen LogP contribution in [-0.4, -0.2) is 51.3 Å². The number of fused-ring (bicyclic) bond motifs is 1. The summed E-state index contributed by atoms with van der Waals surface area (Å²) in [6.45, 7) is 0. The van der Waals surface area contributed by atoms with Crippen LogP contribution in [0.3, 0.4) is 0 Å². The third-order valence-corrected chi connectivity index (χ3v) is 6.05. The van der Waals surface area contributed by atoms with Crippen LogP contribution in [0.4, 0.5) is 0 Å². The van der Waals surface area contributed by atoms with E-state index >= 15 is 0 Å². The normalized spacial score (nSPS) is 30.3. The van der Waals surface area contributed by atoms with E-state index in [0.29, 0.717) is 12.8 Å². The number of methoxy groups -OCH3 is 3. The van der Waals surface area contributed by atoms with Crippen LogP contribution in [-0.2, 0) is 19.0 Å². The van der Waals surface area contributed by atoms with E-state index in [0.717, 1.165) is 41.2 Å². The molecule has 0 radical (unpaired) electrons. The maximum absolute atomic E-state index is 13.3. The molecule has 2 N–H and O–H groups in total. The summed E-state index contributed by atoms with van der Waals surface area (Å²) in [6.07, 6.45) is 14.7. The van der Waals surface area contributed by atoms with Gasteiger partial charge >= 0.3 is 0 Å². The number of ketones is 1. The van der Waals surface area contributed by atoms with E-state index in [1.165, 1.54) is 0 Å². The smallest absolute Gasteiger partial charge is 0.187 e. The summed E-state index contributed by atoms with van der Waals surface area (Å²) in [5.74, 6) is 0.777. The number of Topliss-reactive ketones (excluding diaryl/α,β-unsaturated/α-hetero) is 1. The summed E-state index contributed by atoms with van der Waals surface area (Å²) >= 11 is 0. The lowest BCUT2D eigenvalue weighted by Gasteiger charge is -2.28. The van der Waals surface area contributed by atoms with E-state index in [-0.39, 0.29) is 30.0 Å². The quantitative estimate of drug-likeness (QED) is 0.670. The number of rotatable bonds is 7. The number of aliphatic imine (C=N–C) groups is 1. The van der Waals surface area contributed by atoms with Gasteiger partial charge in [-0.2, -0.15) is 0 Å². The van der Waals surface area contributed by atoms with Crippen LogP contribution >= 0.6 is 0 Å². The van der Waals surface area contributed by atoms with Crippen molar-refractivity contribution in [3.63, 3.8) is 0 Å². The summed E-state index contributed by atoms with van der Waals surface area (Å²) in [5, 5.41) is 6.70. The summed E-state index contributed by atoms with van der Waals surface area (Å²) in [4.78, 5) is 17.8. The van der Waals surface area contributed by atoms with E-state index in [1.807, 2.05) is 24.4 Å². The zero-order valence-electron chi connectivity index (χ0n) is 17.7. The molecule has 7 heteroatoms. The zero-order chi connectivity index (χ0) is 21.1. The fourth-order valence-corrected chi connectivity index (χ4v) is 4.25. The summed E-state index contributed by atoms with van der Waals surface area (Å²) in [5.41, 5.74) is 3.52. The molecule has 0 spiro atoms. The van der Waals surface area contributed by atoms with Crippen molar-refractivity contribution >= 4 is 11.6 Å². The highest BCUT2D eigenvalue weighted by Gasteiger charge is 2.36. The van der Waals surface area contributed by atoms with Gasteiger partial charge in [-0.15, -0.1) is 0 Å². The van der Waals surface area contributed by atoms with E-state index < -0.39 is 0 Å². The van der Waals surface area contributed by atoms with Gasteiger partial charge in [0.2, 0.25) is 0 Å². The number of hydrogen-bond donors (Lipinski definition) is 2. The molecule has 0 saturated carbocycles. The van der Waals surface area contributed by atoms with Gasteiger partial charge in [-0.3, -0.25) is 4.79 Å². The highest BCUT2D eigenvalue weighted by molar-refractivity contribution is 6.14. The molecule has 4 atom stereocenters. The highest BCUT2D eigenvalue weighted by atomic mass is 16.5. The molecule has 30 heavy (non-hydrogen) atoms. The number of nitrogens with zero attached hydrogens (tertiary/aromatic N) is 1. The van der Waals surface area contributed by atoms with Crippen molar-refractivity contribution in [2.75, 3.05) is 21.3 Å². The first-order valence-corrected chi connectivity index (χ1v) is 10.3. The topological polar surface area (TPSA) is 81.2 Å². The second kappa shape index (κ2) is 9.12. The standard InChI is InChI=1S/C23H29N3O4/c1-28-17-6-4-15(5-7-17)26-16-10-20-21(13-25-23(20)24-12-16)22(27)14-8-18(29-2)11-19(9-14)30-3/h4-6,8,12-13,17-20,26H,7,9-11H2,1-3H3,(H,24,25). The Morgan fingerprint density at radius 3 is 2.70 bits per heavy atom. The van der Waals surface area contributed by atoms with Gasteiger partial charge < -0.3 is 24.8 Å². The van der Waals surface area contributed by atoms with Crippen molar-refractivity contribution in [2.24, 2.45) is 10.9 Å². The Balaban J connectivity index is 1.44. The Morgan fingerprint density at radius 1 is 1.17 bits per heavy atom. The zero-order valence-corrected chi connectivity index (χ0v) is 17.7. The third-order valence-electron chi connectivity index (χ3n) is 6.05. The van der Waals surface area contributed by atoms with E-state index in [4.69, 9.17) is 14.2 Å². The van der Waals surface area contributed by atoms with E-state index in [2.05, 4.69) is 21.7 Å². The molecule has 0 aromatic heterocycles. The first-order chi connectivity index (χ1) is 14.6. The van der Waals surface area contributed by atoms with Gasteiger partial charge in [0.1, 0.15) is 5.84 Å². The molecule has 0 aromatic rings. The molecule has 0 aromatic carbocycles. The average Bonchev–Trinajstić information content (AvgIpc) is 3.22. The van der Waals surface area contributed by atoms with Crippen molar-refractivity contribution in [3.8, 4) is 0 Å². The molecule has 4 aliphatic rings. The van der Waals surface area contributed by atoms with Crippen molar-refractivity contribution in [3.05, 3.63) is 59.2 Å². The largest absolute Gasteiger partial charge is 0.381 e. The first-order valence-electron chi connectivity index (χ1n) is 10.3. The molecule has 4 rings (SSSR count). The van der Waals surface area contributed by atoms with Crippen molar-refractivity contribution in [2.45, 2.75) is 44.0 Å². The maximum atomic E-state index is 13.3. The van der Waals surface area contributed by atoms with E-state index in [1.54, 1.807) is 27.5 Å². The molecule has 160 valence electrons. The molecule has 0 fully saturated rings. The number of allylic oxidation sites excluding steroid dienone is 2. The molecule has 0 amide bonds. The summed E-state index contributed by atoms with van der Waals surface area (Å²) in [7, 11) is 5.05. The number of hydrogen-bond acceptors (Lipinski definition) is 7. The van der Waals surface area contributed by atoms with Crippen LogP contribution in [0.5, 0.6) is 0 Å². The van der Waals surface area contributed by atoms with Crippen LogP contribution < -0.4 is 10.6 Å². The Labute approximate surface area is 177 Å². The van der Waals surface area contributed by atoms with Gasteiger partial charge in [0.25, 0.3) is 0 Å². The predicted octanol–water partition coefficient (Wildman–Crippen LogP) is 2.50. The Hall–Kier alpha value is -2.48. The fourth-order valence-electron chi connectivity index (χ4n) is 4.25. The molecule has 0 bridgehead atoms. The minimum Gasteiger partial charge on any atom is -0.381 e. The van der Waals surface area contributed by atoms with Gasteiger partial charge in [0.05, 0.1) is 24.2 Å². The second-order valence-corrected chi connectivity index (χ2v) is 7.92. The molecular formula is C23H29N3O4. The molecule has 4 unspecified atom stereocenters. The molecule has 2 aliphatic carbocycles. The lowest BCUT2D eigenvalue weighted by atomic mass is 9.83. The van der Waals surface area contributed by atoms with Crippen molar-refractivity contribution in [1.29, 1.82) is 0 Å². The summed E-state index contributed by atoms with van der Waals surface area (Å²) < 4.78 is 16.3. The number of carbonyl (C=O) groups is 1. The SMILES string of the molecule is COC1C=CC(NC2=CNC3=NC=C(C(=O)C4=CC(OC)CC(OC)C4)C3C2)=CC1. The third kappa shape index (κ3) is 4.33. The fraction of sp³-hybridized carbons (Fsp3) is 0.478. The monoisotopic (exact) mass is 411 g/mol. The minimum absolute atomic E-state index is 0.0103. The number of amidine groups is 1. The number of ether oxygens (including phenoxy) is 3. The first kappa shape index (κ1) is 20.8. The van der Waals surface area contributed by atoms with Crippen molar-refractivity contribution < 1.29 is 19.0 Å². The van der Waals surface area contributed by atoms with Gasteiger partial charge in [0, 0.05) is 75.5 Å². The van der Waals surface area contributed by atoms with Gasteiger partial charge in [0.15, 0.2) is 5.78 Å². The van der Waals surface area contributed by atoms with Crippen molar-refractivity contribution in [1.82, 2.24) is 10.6 Å². The minimum atomic E-state index is -0.104.